The molecule has 0 aliphatic carbocycles. The van der Waals surface area contributed by atoms with E-state index in [-0.39, 0.29) is 22.4 Å². The van der Waals surface area contributed by atoms with E-state index in [0.29, 0.717) is 37.4 Å². The molecule has 0 N–H and O–H groups in total. The van der Waals surface area contributed by atoms with Crippen LogP contribution in [-0.4, -0.2) is 53.7 Å². The number of aromatic nitrogens is 2. The van der Waals surface area contributed by atoms with Gasteiger partial charge in [0.2, 0.25) is 0 Å². The number of hydrogen-bond donors (Lipinski definition) is 0. The standard InChI is InChI=1S/C48H70N4O7Si2/c1-10-30-51-40-26-24-28-42(44(40)37(3)39(36-49)47(51)53)57-32-20-16-12-14-18-22-34-60(8,55-6)59-61(9,56-7)35-23-19-15-13-17-21-33-58-43-29-25-27-41-45(43)38(4)46(50-5)48(54)52(41)31-11-2/h24-29H,10-23,30-35H2,1-4,6-9H3. The first-order valence-corrected chi connectivity index (χ1v) is 27.6. The first kappa shape index (κ1) is 49.4. The number of hydrogen-bond acceptors (Lipinski definition) is 8. The Morgan fingerprint density at radius 2 is 1.08 bits per heavy atom. The van der Waals surface area contributed by atoms with Crippen LogP contribution in [0.1, 0.15) is 120 Å². The van der Waals surface area contributed by atoms with Crippen LogP contribution < -0.4 is 20.6 Å². The Bertz CT molecular complexity index is 2110. The molecule has 0 bridgehead atoms. The number of unbranched alkanes of at least 4 members (excludes halogenated alkanes) is 10. The minimum absolute atomic E-state index is 0.181. The lowest BCUT2D eigenvalue weighted by atomic mass is 10.0. The van der Waals surface area contributed by atoms with Gasteiger partial charge < -0.3 is 31.6 Å². The molecular formula is C48H70N4O7Si2. The second-order valence-corrected chi connectivity index (χ2v) is 23.8. The zero-order chi connectivity index (χ0) is 44.4. The fourth-order valence-corrected chi connectivity index (χ4v) is 15.7. The van der Waals surface area contributed by atoms with Crippen molar-refractivity contribution >= 4 is 44.6 Å². The molecule has 0 saturated heterocycles. The van der Waals surface area contributed by atoms with Gasteiger partial charge in [-0.05, 0) is 100 Å². The Hall–Kier alpha value is -4.25. The summed E-state index contributed by atoms with van der Waals surface area (Å²) in [6, 6.07) is 15.6. The molecule has 2 unspecified atom stereocenters. The van der Waals surface area contributed by atoms with Crippen LogP contribution in [0.2, 0.25) is 25.2 Å². The number of nitrogens with zero attached hydrogens (tertiary/aromatic N) is 4. The summed E-state index contributed by atoms with van der Waals surface area (Å²) in [7, 11) is -1.16. The lowest BCUT2D eigenvalue weighted by Crippen LogP contribution is -2.51. The molecule has 4 aromatic rings. The molecule has 0 aliphatic rings. The van der Waals surface area contributed by atoms with Crippen LogP contribution in [-0.2, 0) is 26.1 Å². The van der Waals surface area contributed by atoms with E-state index in [1.165, 1.54) is 0 Å². The largest absolute Gasteiger partial charge is 0.493 e. The molecule has 4 rings (SSSR count). The fraction of sp³-hybridized carbons (Fsp3) is 0.583. The van der Waals surface area contributed by atoms with Crippen molar-refractivity contribution in [2.75, 3.05) is 27.4 Å². The molecule has 0 spiro atoms. The summed E-state index contributed by atoms with van der Waals surface area (Å²) in [5, 5.41) is 11.4. The normalized spacial score (nSPS) is 13.5. The smallest absolute Gasteiger partial charge is 0.325 e. The minimum atomic E-state index is -2.37. The molecule has 0 aliphatic heterocycles. The van der Waals surface area contributed by atoms with Gasteiger partial charge in [-0.15, -0.1) is 0 Å². The molecule has 0 radical (unpaired) electrons. The summed E-state index contributed by atoms with van der Waals surface area (Å²) < 4.78 is 34.9. The van der Waals surface area contributed by atoms with Crippen molar-refractivity contribution < 1.29 is 22.4 Å². The molecular weight excluding hydrogens is 801 g/mol. The third-order valence-electron chi connectivity index (χ3n) is 12.0. The Balaban J connectivity index is 1.11. The summed E-state index contributed by atoms with van der Waals surface area (Å²) in [6.45, 7) is 22.1. The predicted molar refractivity (Wildman–Crippen MR) is 252 cm³/mol. The van der Waals surface area contributed by atoms with Gasteiger partial charge >= 0.3 is 17.1 Å². The van der Waals surface area contributed by atoms with E-state index in [2.05, 4.69) is 24.0 Å². The predicted octanol–water partition coefficient (Wildman–Crippen LogP) is 11.8. The van der Waals surface area contributed by atoms with Crippen molar-refractivity contribution in [1.82, 2.24) is 9.13 Å². The van der Waals surface area contributed by atoms with Crippen molar-refractivity contribution in [2.24, 2.45) is 0 Å². The zero-order valence-corrected chi connectivity index (χ0v) is 40.3. The maximum absolute atomic E-state index is 12.9. The summed E-state index contributed by atoms with van der Waals surface area (Å²) in [4.78, 5) is 29.5. The van der Waals surface area contributed by atoms with E-state index >= 15 is 0 Å². The summed E-state index contributed by atoms with van der Waals surface area (Å²) in [5.41, 5.74) is 2.97. The highest BCUT2D eigenvalue weighted by Crippen LogP contribution is 2.33. The van der Waals surface area contributed by atoms with E-state index in [0.717, 1.165) is 135 Å². The third kappa shape index (κ3) is 12.9. The van der Waals surface area contributed by atoms with Crippen LogP contribution in [0.25, 0.3) is 26.7 Å². The van der Waals surface area contributed by atoms with E-state index in [9.17, 15) is 14.9 Å². The molecule has 11 nitrogen and oxygen atoms in total. The van der Waals surface area contributed by atoms with Crippen LogP contribution >= 0.6 is 0 Å². The van der Waals surface area contributed by atoms with Crippen LogP contribution in [0.3, 0.4) is 0 Å². The van der Waals surface area contributed by atoms with Crippen LogP contribution in [0.15, 0.2) is 46.0 Å². The van der Waals surface area contributed by atoms with Crippen molar-refractivity contribution in [3.8, 4) is 17.6 Å². The van der Waals surface area contributed by atoms with E-state index < -0.39 is 17.1 Å². The number of fused-ring (bicyclic) bond motifs is 2. The van der Waals surface area contributed by atoms with Crippen LogP contribution in [0, 0.1) is 31.8 Å². The first-order valence-electron chi connectivity index (χ1n) is 22.6. The molecule has 0 saturated carbocycles. The molecule has 13 heteroatoms. The van der Waals surface area contributed by atoms with Crippen LogP contribution in [0.4, 0.5) is 5.69 Å². The first-order chi connectivity index (χ1) is 29.4. The van der Waals surface area contributed by atoms with Gasteiger partial charge in [0.05, 0.1) is 30.8 Å². The van der Waals surface area contributed by atoms with Crippen molar-refractivity contribution in [1.29, 1.82) is 5.26 Å². The molecule has 0 fully saturated rings. The van der Waals surface area contributed by atoms with Gasteiger partial charge in [0.25, 0.3) is 16.8 Å². The van der Waals surface area contributed by atoms with Gasteiger partial charge in [-0.25, -0.2) is 4.85 Å². The molecule has 2 atom stereocenters. The van der Waals surface area contributed by atoms with E-state index in [4.69, 9.17) is 29.0 Å². The van der Waals surface area contributed by atoms with Crippen molar-refractivity contribution in [3.05, 3.63) is 85.2 Å². The minimum Gasteiger partial charge on any atom is -0.493 e. The lowest BCUT2D eigenvalue weighted by molar-refractivity contribution is 0.238. The molecule has 0 amide bonds. The maximum atomic E-state index is 12.9. The summed E-state index contributed by atoms with van der Waals surface area (Å²) in [6.07, 6.45) is 14.6. The third-order valence-corrected chi connectivity index (χ3v) is 19.7. The second-order valence-electron chi connectivity index (χ2n) is 16.6. The van der Waals surface area contributed by atoms with Gasteiger partial charge in [0.15, 0.2) is 0 Å². The van der Waals surface area contributed by atoms with Gasteiger partial charge in [-0.1, -0.05) is 90.2 Å². The van der Waals surface area contributed by atoms with E-state index in [1.807, 2.05) is 64.1 Å². The molecule has 2 heterocycles. The average Bonchev–Trinajstić information content (AvgIpc) is 3.25. The molecule has 61 heavy (non-hydrogen) atoms. The Kier molecular flexibility index (Phi) is 19.8. The quantitative estimate of drug-likeness (QED) is 0.0314. The number of rotatable bonds is 28. The Labute approximate surface area is 366 Å². The average molecular weight is 871 g/mol. The number of aryl methyl sites for hydroxylation is 4. The number of benzene rings is 2. The highest BCUT2D eigenvalue weighted by molar-refractivity contribution is 6.80. The number of pyridine rings is 2. The summed E-state index contributed by atoms with van der Waals surface area (Å²) in [5.74, 6) is 1.48. The highest BCUT2D eigenvalue weighted by Gasteiger charge is 2.41. The van der Waals surface area contributed by atoms with Crippen molar-refractivity contribution in [2.45, 2.75) is 156 Å². The van der Waals surface area contributed by atoms with Gasteiger partial charge in [-0.2, -0.15) is 5.26 Å². The van der Waals surface area contributed by atoms with Crippen molar-refractivity contribution in [3.63, 3.8) is 0 Å². The topological polar surface area (TPSA) is 118 Å². The van der Waals surface area contributed by atoms with Crippen LogP contribution in [0.5, 0.6) is 11.5 Å². The number of nitriles is 1. The Morgan fingerprint density at radius 3 is 1.51 bits per heavy atom. The van der Waals surface area contributed by atoms with Gasteiger partial charge in [0, 0.05) is 38.1 Å². The zero-order valence-electron chi connectivity index (χ0n) is 38.3. The number of ether oxygens (including phenoxy) is 2. The fourth-order valence-electron chi connectivity index (χ4n) is 8.40. The molecule has 2 aromatic heterocycles. The lowest BCUT2D eigenvalue weighted by Gasteiger charge is -2.35. The molecule has 2 aromatic carbocycles. The SMILES string of the molecule is [C-]#[N+]c1c(C)c2c(OCCCCCCCC[Si](C)(OC)O[Si](C)(CCCCCCCCOc3cccc4c3c(C)c(C#N)c(=O)n4CCC)OC)cccc2n(CCC)c1=O. The van der Waals surface area contributed by atoms with Gasteiger partial charge in [0.1, 0.15) is 23.1 Å². The van der Waals surface area contributed by atoms with Gasteiger partial charge in [-0.3, -0.25) is 9.59 Å². The molecule has 332 valence electrons. The second kappa shape index (κ2) is 24.4. The Morgan fingerprint density at radius 1 is 0.656 bits per heavy atom. The maximum Gasteiger partial charge on any atom is 0.325 e. The van der Waals surface area contributed by atoms with E-state index in [1.54, 1.807) is 23.4 Å². The summed E-state index contributed by atoms with van der Waals surface area (Å²) >= 11 is 0. The highest BCUT2D eigenvalue weighted by atomic mass is 28.5. The monoisotopic (exact) mass is 870 g/mol.